The summed E-state index contributed by atoms with van der Waals surface area (Å²) in [5, 5.41) is 0. The van der Waals surface area contributed by atoms with E-state index >= 15 is 0 Å². The van der Waals surface area contributed by atoms with E-state index in [4.69, 9.17) is 4.74 Å². The van der Waals surface area contributed by atoms with Crippen molar-refractivity contribution in [1.29, 1.82) is 0 Å². The molecule has 0 radical (unpaired) electrons. The van der Waals surface area contributed by atoms with Crippen LogP contribution in [-0.2, 0) is 21.3 Å². The Morgan fingerprint density at radius 3 is 2.59 bits per heavy atom. The Morgan fingerprint density at radius 1 is 1.23 bits per heavy atom. The zero-order chi connectivity index (χ0) is 15.7. The van der Waals surface area contributed by atoms with Gasteiger partial charge < -0.3 is 4.74 Å². The van der Waals surface area contributed by atoms with Gasteiger partial charge in [0.05, 0.1) is 11.9 Å². The lowest BCUT2D eigenvalue weighted by Gasteiger charge is -2.23. The molecule has 1 saturated heterocycles. The molecule has 1 unspecified atom stereocenters. The van der Waals surface area contributed by atoms with Crippen LogP contribution >= 0.6 is 0 Å². The number of sulfonamides is 1. The maximum Gasteiger partial charge on any atom is 0.217 e. The minimum absolute atomic E-state index is 0.0498. The molecule has 1 aliphatic carbocycles. The van der Waals surface area contributed by atoms with Crippen LogP contribution in [0.4, 0.5) is 8.78 Å². The minimum Gasteiger partial charge on any atom is -0.377 e. The van der Waals surface area contributed by atoms with Crippen molar-refractivity contribution in [2.45, 2.75) is 44.4 Å². The Kier molecular flexibility index (Phi) is 4.47. The number of ether oxygens (including phenoxy) is 1. The predicted octanol–water partition coefficient (Wildman–Crippen LogP) is 2.44. The van der Waals surface area contributed by atoms with Crippen LogP contribution in [0.25, 0.3) is 0 Å². The largest absolute Gasteiger partial charge is 0.377 e. The highest BCUT2D eigenvalue weighted by molar-refractivity contribution is 7.89. The molecule has 1 saturated carbocycles. The fourth-order valence-electron chi connectivity index (χ4n) is 2.74. The quantitative estimate of drug-likeness (QED) is 0.804. The van der Waals surface area contributed by atoms with Gasteiger partial charge in [-0.05, 0) is 31.7 Å². The van der Waals surface area contributed by atoms with Gasteiger partial charge in [0.2, 0.25) is 10.0 Å². The van der Waals surface area contributed by atoms with Gasteiger partial charge in [0.25, 0.3) is 0 Å². The summed E-state index contributed by atoms with van der Waals surface area (Å²) in [6, 6.07) is 3.17. The number of halogens is 2. The van der Waals surface area contributed by atoms with Crippen molar-refractivity contribution in [3.63, 3.8) is 0 Å². The number of hydrogen-bond donors (Lipinski definition) is 0. The molecule has 0 spiro atoms. The summed E-state index contributed by atoms with van der Waals surface area (Å²) in [6.45, 7) is 0.544. The first-order valence-electron chi connectivity index (χ1n) is 7.51. The topological polar surface area (TPSA) is 46.6 Å². The molecule has 2 aliphatic rings. The van der Waals surface area contributed by atoms with E-state index in [2.05, 4.69) is 0 Å². The van der Waals surface area contributed by atoms with Gasteiger partial charge in [-0.15, -0.1) is 0 Å². The van der Waals surface area contributed by atoms with Gasteiger partial charge in [0, 0.05) is 30.8 Å². The molecule has 22 heavy (non-hydrogen) atoms. The van der Waals surface area contributed by atoms with Crippen molar-refractivity contribution in [2.24, 2.45) is 0 Å². The van der Waals surface area contributed by atoms with E-state index < -0.39 is 21.7 Å². The molecule has 1 atom stereocenters. The van der Waals surface area contributed by atoms with Gasteiger partial charge in [-0.2, -0.15) is 4.31 Å². The highest BCUT2D eigenvalue weighted by Gasteiger charge is 2.39. The van der Waals surface area contributed by atoms with Crippen LogP contribution < -0.4 is 0 Å². The van der Waals surface area contributed by atoms with Crippen molar-refractivity contribution < 1.29 is 21.9 Å². The minimum atomic E-state index is -3.52. The summed E-state index contributed by atoms with van der Waals surface area (Å²) in [7, 11) is -3.52. The van der Waals surface area contributed by atoms with E-state index in [-0.39, 0.29) is 30.0 Å². The van der Waals surface area contributed by atoms with E-state index in [0.29, 0.717) is 6.61 Å². The predicted molar refractivity (Wildman–Crippen MR) is 77.7 cm³/mol. The zero-order valence-electron chi connectivity index (χ0n) is 12.2. The van der Waals surface area contributed by atoms with Gasteiger partial charge in [-0.25, -0.2) is 17.2 Å². The van der Waals surface area contributed by atoms with Crippen LogP contribution in [-0.4, -0.2) is 37.2 Å². The van der Waals surface area contributed by atoms with E-state index in [0.717, 1.165) is 37.8 Å². The summed E-state index contributed by atoms with van der Waals surface area (Å²) in [5.74, 6) is -1.44. The first-order chi connectivity index (χ1) is 10.5. The maximum atomic E-state index is 13.8. The van der Waals surface area contributed by atoms with Crippen LogP contribution in [0.3, 0.4) is 0 Å². The summed E-state index contributed by atoms with van der Waals surface area (Å²) in [6.07, 6.45) is 2.91. The molecular weight excluding hydrogens is 312 g/mol. The van der Waals surface area contributed by atoms with Crippen LogP contribution in [0.2, 0.25) is 0 Å². The summed E-state index contributed by atoms with van der Waals surface area (Å²) < 4.78 is 58.7. The Bertz CT molecular complexity index is 640. The highest BCUT2D eigenvalue weighted by atomic mass is 32.2. The molecule has 2 fully saturated rings. The Labute approximate surface area is 129 Å². The van der Waals surface area contributed by atoms with Crippen LogP contribution in [0.15, 0.2) is 18.2 Å². The molecular formula is C15H19F2NO3S. The molecule has 1 aromatic rings. The lowest BCUT2D eigenvalue weighted by Crippen LogP contribution is -2.38. The first kappa shape index (κ1) is 15.8. The van der Waals surface area contributed by atoms with Crippen LogP contribution in [0.1, 0.15) is 31.2 Å². The first-order valence-corrected chi connectivity index (χ1v) is 9.12. The number of nitrogens with zero attached hydrogens (tertiary/aromatic N) is 1. The molecule has 122 valence electrons. The van der Waals surface area contributed by atoms with E-state index in [9.17, 15) is 17.2 Å². The van der Waals surface area contributed by atoms with E-state index in [1.165, 1.54) is 10.4 Å². The number of hydrogen-bond acceptors (Lipinski definition) is 3. The van der Waals surface area contributed by atoms with Crippen molar-refractivity contribution in [2.75, 3.05) is 12.4 Å². The summed E-state index contributed by atoms with van der Waals surface area (Å²) in [5.41, 5.74) is 0.198. The molecule has 7 heteroatoms. The van der Waals surface area contributed by atoms with Gasteiger partial charge in [0.1, 0.15) is 11.6 Å². The number of benzene rings is 1. The molecule has 1 heterocycles. The van der Waals surface area contributed by atoms with Crippen molar-refractivity contribution in [3.05, 3.63) is 35.4 Å². The second kappa shape index (κ2) is 6.22. The lowest BCUT2D eigenvalue weighted by molar-refractivity contribution is 0.126. The Morgan fingerprint density at radius 2 is 2.00 bits per heavy atom. The average molecular weight is 331 g/mol. The zero-order valence-corrected chi connectivity index (χ0v) is 13.0. The fourth-order valence-corrected chi connectivity index (χ4v) is 4.67. The van der Waals surface area contributed by atoms with Gasteiger partial charge in [0.15, 0.2) is 0 Å². The second-order valence-electron chi connectivity index (χ2n) is 5.93. The Hall–Kier alpha value is -1.05. The average Bonchev–Trinajstić information content (AvgIpc) is 3.15. The highest BCUT2D eigenvalue weighted by Crippen LogP contribution is 2.32. The molecule has 1 aromatic carbocycles. The third-order valence-corrected chi connectivity index (χ3v) is 6.01. The normalized spacial score (nSPS) is 22.4. The van der Waals surface area contributed by atoms with Crippen LogP contribution in [0, 0.1) is 11.6 Å². The van der Waals surface area contributed by atoms with Crippen molar-refractivity contribution in [3.8, 4) is 0 Å². The van der Waals surface area contributed by atoms with Gasteiger partial charge >= 0.3 is 0 Å². The fraction of sp³-hybridized carbons (Fsp3) is 0.600. The van der Waals surface area contributed by atoms with Gasteiger partial charge in [-0.1, -0.05) is 6.07 Å². The summed E-state index contributed by atoms with van der Waals surface area (Å²) in [4.78, 5) is 0. The summed E-state index contributed by atoms with van der Waals surface area (Å²) >= 11 is 0. The van der Waals surface area contributed by atoms with Crippen LogP contribution in [0.5, 0.6) is 0 Å². The number of rotatable bonds is 6. The maximum absolute atomic E-state index is 13.8. The molecule has 0 aromatic heterocycles. The molecule has 0 amide bonds. The molecule has 0 N–H and O–H groups in total. The van der Waals surface area contributed by atoms with E-state index in [1.807, 2.05) is 0 Å². The van der Waals surface area contributed by atoms with Crippen molar-refractivity contribution >= 4 is 10.0 Å². The third kappa shape index (κ3) is 3.64. The molecule has 0 bridgehead atoms. The van der Waals surface area contributed by atoms with E-state index in [1.54, 1.807) is 0 Å². The lowest BCUT2D eigenvalue weighted by atomic mass is 10.2. The third-order valence-electron chi connectivity index (χ3n) is 4.07. The smallest absolute Gasteiger partial charge is 0.217 e. The second-order valence-corrected chi connectivity index (χ2v) is 7.89. The molecule has 1 aliphatic heterocycles. The Balaban J connectivity index is 1.77. The SMILES string of the molecule is O=S(=O)(CC1CCCO1)N(Cc1ccc(F)cc1F)C1CC1. The van der Waals surface area contributed by atoms with Gasteiger partial charge in [-0.3, -0.25) is 0 Å². The monoisotopic (exact) mass is 331 g/mol. The molecule has 3 rings (SSSR count). The standard InChI is InChI=1S/C15H19F2NO3S/c16-12-4-3-11(15(17)8-12)9-18(13-5-6-13)22(19,20)10-14-2-1-7-21-14/h3-4,8,13-14H,1-2,5-7,9-10H2. The molecule has 4 nitrogen and oxygen atoms in total. The van der Waals surface area contributed by atoms with Crippen molar-refractivity contribution in [1.82, 2.24) is 4.31 Å².